The number of nitrogens with zero attached hydrogens (tertiary/aromatic N) is 1. The van der Waals surface area contributed by atoms with Crippen LogP contribution >= 0.6 is 22.6 Å². The van der Waals surface area contributed by atoms with Crippen molar-refractivity contribution in [2.45, 2.75) is 30.2 Å². The third-order valence-electron chi connectivity index (χ3n) is 5.84. The van der Waals surface area contributed by atoms with Crippen LogP contribution in [-0.4, -0.2) is 43.5 Å². The van der Waals surface area contributed by atoms with Crippen molar-refractivity contribution in [1.82, 2.24) is 9.55 Å². The number of ether oxygens (including phenoxy) is 3. The topological polar surface area (TPSA) is 117 Å². The number of carbonyl (C=O) groups excluding carboxylic acids is 2. The number of aromatic nitrogens is 2. The molecule has 0 bridgehead atoms. The molecule has 0 spiro atoms. The lowest BCUT2D eigenvalue weighted by Crippen LogP contribution is -2.55. The van der Waals surface area contributed by atoms with E-state index in [0.29, 0.717) is 0 Å². The molecule has 4 atom stereocenters. The number of hydrogen-bond donors (Lipinski definition) is 1. The number of halogens is 2. The van der Waals surface area contributed by atoms with Crippen LogP contribution in [0, 0.1) is 0 Å². The van der Waals surface area contributed by atoms with E-state index in [2.05, 4.69) is 11.6 Å². The van der Waals surface area contributed by atoms with Gasteiger partial charge in [0.2, 0.25) is 11.7 Å². The molecule has 37 heavy (non-hydrogen) atoms. The zero-order chi connectivity index (χ0) is 26.6. The molecule has 0 amide bonds. The molecule has 3 aromatic rings. The van der Waals surface area contributed by atoms with Gasteiger partial charge in [-0.1, -0.05) is 65.1 Å². The fraction of sp³-hybridized carbons (Fsp3) is 0.231. The number of benzene rings is 2. The molecule has 2 heterocycles. The van der Waals surface area contributed by atoms with E-state index in [-0.39, 0.29) is 22.0 Å². The van der Waals surface area contributed by atoms with E-state index in [1.54, 1.807) is 59.0 Å². The van der Waals surface area contributed by atoms with Crippen LogP contribution in [0.2, 0.25) is 0 Å². The highest BCUT2D eigenvalue weighted by atomic mass is 127. The minimum absolute atomic E-state index is 0.129. The summed E-state index contributed by atoms with van der Waals surface area (Å²) in [4.78, 5) is 52.9. The van der Waals surface area contributed by atoms with Crippen molar-refractivity contribution in [3.63, 3.8) is 0 Å². The largest absolute Gasteiger partial charge is 0.448 e. The van der Waals surface area contributed by atoms with Crippen molar-refractivity contribution in [3.05, 3.63) is 118 Å². The molecule has 0 aliphatic carbocycles. The summed E-state index contributed by atoms with van der Waals surface area (Å²) in [6.45, 7) is 3.70. The molecule has 0 unspecified atom stereocenters. The summed E-state index contributed by atoms with van der Waals surface area (Å²) < 4.78 is 34.3. The van der Waals surface area contributed by atoms with E-state index in [4.69, 9.17) is 14.2 Å². The molecule has 0 saturated carbocycles. The molecule has 1 aliphatic rings. The van der Waals surface area contributed by atoms with Gasteiger partial charge >= 0.3 is 17.6 Å². The lowest BCUT2D eigenvalue weighted by molar-refractivity contribution is -0.170. The summed E-state index contributed by atoms with van der Waals surface area (Å²) in [6, 6.07) is 16.8. The van der Waals surface area contributed by atoms with E-state index in [9.17, 15) is 19.2 Å². The molecule has 192 valence electrons. The number of hydrogen-bond acceptors (Lipinski definition) is 7. The molecule has 11 heteroatoms. The first-order valence-electron chi connectivity index (χ1n) is 11.1. The number of H-pyrrole nitrogens is 1. The summed E-state index contributed by atoms with van der Waals surface area (Å²) >= 11 is 1.71. The molecule has 9 nitrogen and oxygen atoms in total. The normalized spacial score (nSPS) is 24.8. The van der Waals surface area contributed by atoms with Gasteiger partial charge in [0.25, 0.3) is 11.4 Å². The lowest BCUT2D eigenvalue weighted by Gasteiger charge is -2.37. The number of carbonyl (C=O) groups is 2. The summed E-state index contributed by atoms with van der Waals surface area (Å²) in [6.07, 6.45) is -1.28. The quantitative estimate of drug-likeness (QED) is 0.177. The molecular weight excluding hydrogens is 598 g/mol. The second-order valence-corrected chi connectivity index (χ2v) is 9.02. The number of aromatic amines is 1. The van der Waals surface area contributed by atoms with Gasteiger partial charge in [-0.05, 0) is 24.3 Å². The number of esters is 2. The van der Waals surface area contributed by atoms with Gasteiger partial charge in [-0.15, -0.1) is 6.58 Å². The van der Waals surface area contributed by atoms with Crippen molar-refractivity contribution in [1.29, 1.82) is 0 Å². The van der Waals surface area contributed by atoms with E-state index in [1.165, 1.54) is 30.3 Å². The van der Waals surface area contributed by atoms with E-state index in [1.807, 2.05) is 0 Å². The maximum absolute atomic E-state index is 16.5. The summed E-state index contributed by atoms with van der Waals surface area (Å²) in [5, 5.41) is 0. The third kappa shape index (κ3) is 5.14. The minimum atomic E-state index is -2.69. The van der Waals surface area contributed by atoms with Crippen molar-refractivity contribution < 1.29 is 28.2 Å². The van der Waals surface area contributed by atoms with Crippen LogP contribution in [0.4, 0.5) is 4.39 Å². The monoisotopic (exact) mass is 620 g/mol. The summed E-state index contributed by atoms with van der Waals surface area (Å²) in [5.41, 5.74) is -3.45. The number of alkyl halides is 2. The fourth-order valence-electron chi connectivity index (χ4n) is 4.17. The van der Waals surface area contributed by atoms with Gasteiger partial charge in [0.1, 0.15) is 0 Å². The third-order valence-corrected chi connectivity index (χ3v) is 6.88. The first kappa shape index (κ1) is 26.5. The molecule has 1 N–H and O–H groups in total. The Hall–Kier alpha value is -3.58. The maximum atomic E-state index is 16.5. The second kappa shape index (κ2) is 10.8. The molecule has 1 aliphatic heterocycles. The van der Waals surface area contributed by atoms with Gasteiger partial charge in [-0.3, -0.25) is 14.3 Å². The van der Waals surface area contributed by atoms with Gasteiger partial charge < -0.3 is 14.2 Å². The smallest absolute Gasteiger partial charge is 0.338 e. The molecule has 0 radical (unpaired) electrons. The van der Waals surface area contributed by atoms with Gasteiger partial charge in [-0.25, -0.2) is 18.8 Å². The van der Waals surface area contributed by atoms with Gasteiger partial charge in [0, 0.05) is 18.7 Å². The van der Waals surface area contributed by atoms with Crippen LogP contribution in [0.25, 0.3) is 0 Å². The van der Waals surface area contributed by atoms with Crippen molar-refractivity contribution in [2.75, 3.05) is 4.43 Å². The Morgan fingerprint density at radius 1 is 1.05 bits per heavy atom. The standard InChI is InChI=1S/C26H22FIN2O7/c1-2-14-25(36-21(33)18-11-7-4-8-12-18)22(35-20(32)17-9-5-3-6-10-17)26(27,16-28)37-23(25)30-15-13-19(31)29-24(30)34/h2-13,15,22-23H,1,14,16H2,(H,29,31,34)/t22-,23+,25+,26+/m0/s1. The van der Waals surface area contributed by atoms with Crippen LogP contribution in [0.5, 0.6) is 0 Å². The summed E-state index contributed by atoms with van der Waals surface area (Å²) in [7, 11) is 0. The molecule has 1 saturated heterocycles. The van der Waals surface area contributed by atoms with Crippen molar-refractivity contribution in [3.8, 4) is 0 Å². The maximum Gasteiger partial charge on any atom is 0.338 e. The highest BCUT2D eigenvalue weighted by Gasteiger charge is 2.70. The Morgan fingerprint density at radius 2 is 1.65 bits per heavy atom. The molecule has 1 aromatic heterocycles. The molecular formula is C26H22FIN2O7. The van der Waals surface area contributed by atoms with E-state index < -0.39 is 47.0 Å². The zero-order valence-electron chi connectivity index (χ0n) is 19.3. The summed E-state index contributed by atoms with van der Waals surface area (Å²) in [5.74, 6) is -4.45. The predicted octanol–water partition coefficient (Wildman–Crippen LogP) is 3.56. The van der Waals surface area contributed by atoms with Crippen molar-refractivity contribution in [2.24, 2.45) is 0 Å². The van der Waals surface area contributed by atoms with Gasteiger partial charge in [0.15, 0.2) is 6.23 Å². The Balaban J connectivity index is 1.89. The Kier molecular flexibility index (Phi) is 7.73. The Morgan fingerprint density at radius 3 is 2.19 bits per heavy atom. The average molecular weight is 620 g/mol. The molecule has 4 rings (SSSR count). The molecule has 1 fully saturated rings. The average Bonchev–Trinajstić information content (AvgIpc) is 3.13. The number of nitrogens with one attached hydrogen (secondary N) is 1. The van der Waals surface area contributed by atoms with E-state index >= 15 is 4.39 Å². The highest BCUT2D eigenvalue weighted by Crippen LogP contribution is 2.52. The van der Waals surface area contributed by atoms with Gasteiger partial charge in [-0.2, -0.15) is 0 Å². The SMILES string of the molecule is C=CC[C@]1(OC(=O)c2ccccc2)[C@H](n2ccc(=O)[nH]c2=O)O[C@](F)(CI)[C@H]1OC(=O)c1ccccc1. The van der Waals surface area contributed by atoms with Crippen LogP contribution < -0.4 is 11.2 Å². The van der Waals surface area contributed by atoms with Crippen molar-refractivity contribution >= 4 is 34.5 Å². The fourth-order valence-corrected chi connectivity index (χ4v) is 4.75. The first-order valence-corrected chi connectivity index (χ1v) is 12.7. The van der Waals surface area contributed by atoms with Crippen LogP contribution in [0.3, 0.4) is 0 Å². The minimum Gasteiger partial charge on any atom is -0.448 e. The second-order valence-electron chi connectivity index (χ2n) is 8.26. The Bertz CT molecular complexity index is 1410. The predicted molar refractivity (Wildman–Crippen MR) is 139 cm³/mol. The zero-order valence-corrected chi connectivity index (χ0v) is 21.5. The van der Waals surface area contributed by atoms with Crippen LogP contribution in [-0.2, 0) is 14.2 Å². The first-order chi connectivity index (χ1) is 17.7. The van der Waals surface area contributed by atoms with Crippen LogP contribution in [0.15, 0.2) is 95.2 Å². The highest BCUT2D eigenvalue weighted by molar-refractivity contribution is 14.1. The van der Waals surface area contributed by atoms with Gasteiger partial charge in [0.05, 0.1) is 15.6 Å². The number of rotatable bonds is 8. The van der Waals surface area contributed by atoms with E-state index in [0.717, 1.165) is 16.8 Å². The van der Waals surface area contributed by atoms with Crippen LogP contribution in [0.1, 0.15) is 33.4 Å². The Labute approximate surface area is 224 Å². The lowest BCUT2D eigenvalue weighted by atomic mass is 9.88. The molecule has 2 aromatic carbocycles.